The number of nitrogens with two attached hydrogens (primary N) is 1. The normalized spacial score (nSPS) is 14.9. The molecule has 10 heteroatoms. The van der Waals surface area contributed by atoms with Crippen LogP contribution in [0.2, 0.25) is 0 Å². The Kier molecular flexibility index (Phi) is 19.0. The summed E-state index contributed by atoms with van der Waals surface area (Å²) in [5, 5.41) is 3.48. The summed E-state index contributed by atoms with van der Waals surface area (Å²) >= 11 is 0. The van der Waals surface area contributed by atoms with Crippen LogP contribution < -0.4 is 16.0 Å². The van der Waals surface area contributed by atoms with Gasteiger partial charge < -0.3 is 25.7 Å². The number of hydrogen-bond donors (Lipinski definition) is 2. The molecule has 0 saturated carbocycles. The molecule has 1 amide bonds. The van der Waals surface area contributed by atoms with Crippen molar-refractivity contribution in [3.63, 3.8) is 0 Å². The van der Waals surface area contributed by atoms with Crippen molar-refractivity contribution in [3.8, 4) is 0 Å². The number of aliphatic imine (C=N–C) groups is 1. The number of nitrogens with one attached hydrogen (secondary N) is 1. The summed E-state index contributed by atoms with van der Waals surface area (Å²) in [4.78, 5) is 27.6. The van der Waals surface area contributed by atoms with Crippen LogP contribution in [0, 0.1) is 42.8 Å². The number of allylic oxidation sites excluding steroid dienone is 4. The maximum absolute atomic E-state index is 13.8. The zero-order valence-electron chi connectivity index (χ0n) is 28.4. The van der Waals surface area contributed by atoms with Crippen molar-refractivity contribution in [2.75, 3.05) is 31.2 Å². The van der Waals surface area contributed by atoms with Crippen LogP contribution in [0.15, 0.2) is 71.5 Å². The van der Waals surface area contributed by atoms with Gasteiger partial charge in [0.2, 0.25) is 6.41 Å². The minimum Gasteiger partial charge on any atom is -0.404 e. The first-order valence-corrected chi connectivity index (χ1v) is 15.5. The maximum atomic E-state index is 13.8. The average molecular weight is 854 g/mol. The van der Waals surface area contributed by atoms with E-state index < -0.39 is 0 Å². The average Bonchev–Trinajstić information content (AvgIpc) is 3.06. The van der Waals surface area contributed by atoms with E-state index in [2.05, 4.69) is 15.2 Å². The molecule has 1 saturated heterocycles. The van der Waals surface area contributed by atoms with E-state index in [-0.39, 0.29) is 43.0 Å². The summed E-state index contributed by atoms with van der Waals surface area (Å²) in [6, 6.07) is 12.2. The number of hydrogen-bond acceptors (Lipinski definition) is 7. The van der Waals surface area contributed by atoms with Crippen LogP contribution in [0.1, 0.15) is 78.4 Å². The summed E-state index contributed by atoms with van der Waals surface area (Å²) in [6.07, 6.45) is 7.47. The summed E-state index contributed by atoms with van der Waals surface area (Å²) in [5.74, 6) is 2.03. The summed E-state index contributed by atoms with van der Waals surface area (Å²) in [6.45, 7) is 18.1. The van der Waals surface area contributed by atoms with Crippen molar-refractivity contribution in [3.05, 3.63) is 95.2 Å². The van der Waals surface area contributed by atoms with Crippen molar-refractivity contribution in [1.29, 1.82) is 0 Å². The fourth-order valence-electron chi connectivity index (χ4n) is 4.60. The molecular formula is C36H48FN6O2U-. The minimum absolute atomic E-state index is 0. The molecule has 1 aromatic heterocycles. The van der Waals surface area contributed by atoms with Crippen LogP contribution in [-0.4, -0.2) is 48.9 Å². The summed E-state index contributed by atoms with van der Waals surface area (Å²) in [7, 11) is 0. The van der Waals surface area contributed by atoms with E-state index in [1.54, 1.807) is 24.5 Å². The minimum atomic E-state index is -0.296. The number of carbonyl (C=O) groups excluding carboxylic acids is 1. The number of nitrogens with zero attached hydrogens (tertiary/aromatic N) is 4. The van der Waals surface area contributed by atoms with E-state index in [4.69, 9.17) is 20.4 Å². The number of benzene rings is 2. The molecule has 0 bridgehead atoms. The Balaban J connectivity index is 0.00000203. The molecule has 246 valence electrons. The Bertz CT molecular complexity index is 1500. The van der Waals surface area contributed by atoms with E-state index >= 15 is 0 Å². The van der Waals surface area contributed by atoms with E-state index in [0.29, 0.717) is 49.9 Å². The number of anilines is 1. The molecule has 4 rings (SSSR count). The van der Waals surface area contributed by atoms with Gasteiger partial charge in [-0.05, 0) is 54.8 Å². The Morgan fingerprint density at radius 3 is 2.41 bits per heavy atom. The Morgan fingerprint density at radius 1 is 1.11 bits per heavy atom. The SMILES string of the molecule is CC.CC.CC(C)=C/C(=C\NC=O)c1ccc2nc(/C(C=NC[C-](C)C)=C/N)nc(N3CCOCC3c3ccc(F)cc3)c2c1.[U]. The van der Waals surface area contributed by atoms with Gasteiger partial charge >= 0.3 is 0 Å². The summed E-state index contributed by atoms with van der Waals surface area (Å²) in [5.41, 5.74) is 11.1. The zero-order valence-corrected chi connectivity index (χ0v) is 32.6. The van der Waals surface area contributed by atoms with Gasteiger partial charge in [-0.15, -0.1) is 0 Å². The van der Waals surface area contributed by atoms with Crippen molar-refractivity contribution < 1.29 is 45.0 Å². The van der Waals surface area contributed by atoms with Gasteiger partial charge in [0.15, 0.2) is 5.82 Å². The topological polar surface area (TPSA) is 106 Å². The molecule has 1 fully saturated rings. The van der Waals surface area contributed by atoms with Crippen LogP contribution in [0.4, 0.5) is 10.2 Å². The van der Waals surface area contributed by atoms with Gasteiger partial charge in [0.05, 0.1) is 30.3 Å². The van der Waals surface area contributed by atoms with E-state index in [1.165, 1.54) is 24.3 Å². The van der Waals surface area contributed by atoms with Crippen LogP contribution in [0.5, 0.6) is 0 Å². The number of fused-ring (bicyclic) bond motifs is 1. The zero-order chi connectivity index (χ0) is 33.4. The predicted octanol–water partition coefficient (Wildman–Crippen LogP) is 7.44. The van der Waals surface area contributed by atoms with Crippen LogP contribution in [0.25, 0.3) is 22.0 Å². The molecule has 0 spiro atoms. The molecule has 46 heavy (non-hydrogen) atoms. The molecule has 0 radical (unpaired) electrons. The van der Waals surface area contributed by atoms with Crippen molar-refractivity contribution >= 4 is 40.5 Å². The molecule has 0 aliphatic carbocycles. The van der Waals surface area contributed by atoms with Crippen LogP contribution in [-0.2, 0) is 9.53 Å². The molecule has 1 atom stereocenters. The number of rotatable bonds is 10. The first-order chi connectivity index (χ1) is 21.8. The second kappa shape index (κ2) is 21.5. The van der Waals surface area contributed by atoms with Gasteiger partial charge in [-0.2, -0.15) is 13.8 Å². The van der Waals surface area contributed by atoms with Crippen LogP contribution >= 0.6 is 0 Å². The molecule has 1 aliphatic heterocycles. The number of aromatic nitrogens is 2. The smallest absolute Gasteiger partial charge is 0.211 e. The fourth-order valence-corrected chi connectivity index (χ4v) is 4.60. The second-order valence-corrected chi connectivity index (χ2v) is 10.3. The third kappa shape index (κ3) is 11.5. The fraction of sp³-hybridized carbons (Fsp3) is 0.361. The molecule has 1 aliphatic rings. The Morgan fingerprint density at radius 2 is 1.80 bits per heavy atom. The van der Waals surface area contributed by atoms with E-state index in [0.717, 1.165) is 33.2 Å². The summed E-state index contributed by atoms with van der Waals surface area (Å²) < 4.78 is 19.6. The molecular weight excluding hydrogens is 805 g/mol. The van der Waals surface area contributed by atoms with E-state index in [9.17, 15) is 9.18 Å². The van der Waals surface area contributed by atoms with Gasteiger partial charge in [-0.3, -0.25) is 10.7 Å². The van der Waals surface area contributed by atoms with Gasteiger partial charge in [-0.1, -0.05) is 64.1 Å². The number of carbonyl (C=O) groups is 1. The number of morpholine rings is 1. The predicted molar refractivity (Wildman–Crippen MR) is 186 cm³/mol. The van der Waals surface area contributed by atoms with Gasteiger partial charge in [0.25, 0.3) is 0 Å². The van der Waals surface area contributed by atoms with Gasteiger partial charge in [-0.25, -0.2) is 14.4 Å². The first kappa shape index (κ1) is 40.7. The third-order valence-corrected chi connectivity index (χ3v) is 6.49. The van der Waals surface area contributed by atoms with Crippen molar-refractivity contribution in [2.24, 2.45) is 10.7 Å². The van der Waals surface area contributed by atoms with E-state index in [1.807, 2.05) is 79.7 Å². The molecule has 2 heterocycles. The number of halogens is 1. The molecule has 3 N–H and O–H groups in total. The first-order valence-electron chi connectivity index (χ1n) is 15.5. The van der Waals surface area contributed by atoms with Crippen molar-refractivity contribution in [1.82, 2.24) is 15.3 Å². The molecule has 1 unspecified atom stereocenters. The van der Waals surface area contributed by atoms with Crippen LogP contribution in [0.3, 0.4) is 0 Å². The number of ether oxygens (including phenoxy) is 1. The quantitative estimate of drug-likeness (QED) is 0.0952. The molecule has 2 aromatic carbocycles. The molecule has 3 aromatic rings. The van der Waals surface area contributed by atoms with Crippen molar-refractivity contribution in [2.45, 2.75) is 61.4 Å². The largest absolute Gasteiger partial charge is 0.404 e. The Labute approximate surface area is 297 Å². The van der Waals surface area contributed by atoms with Gasteiger partial charge in [0, 0.05) is 61.7 Å². The van der Waals surface area contributed by atoms with Gasteiger partial charge in [0.1, 0.15) is 11.6 Å². The monoisotopic (exact) mass is 853 g/mol. The second-order valence-electron chi connectivity index (χ2n) is 10.3. The number of amides is 1. The Hall–Kier alpha value is -3.32. The standard InChI is InChI=1S/C32H36FN6O2.2C2H6.U/c1-21(2)13-25(17-36-20-40)24-7-10-29-28(14-24)32(38-31(37-29)26(15-34)18-35-16-22(3)4)39-11-12-41-19-30(39)23-5-8-27(33)9-6-23;2*1-2;/h5-10,13-15,17-18,20,30H,11-12,16,19,34H2,1-4H3,(H,36,40);2*1-2H3;/q-1;;;/b25-17+,26-15+,35-18?;;;. The maximum Gasteiger partial charge on any atom is 0.211 e. The third-order valence-electron chi connectivity index (χ3n) is 6.49. The molecule has 8 nitrogen and oxygen atoms in total.